The minimum absolute atomic E-state index is 0.00139. The van der Waals surface area contributed by atoms with Crippen molar-refractivity contribution in [2.45, 2.75) is 71.6 Å². The van der Waals surface area contributed by atoms with Crippen molar-refractivity contribution in [1.29, 1.82) is 0 Å². The van der Waals surface area contributed by atoms with Gasteiger partial charge >= 0.3 is 6.09 Å². The molecule has 0 spiro atoms. The quantitative estimate of drug-likeness (QED) is 0.861. The zero-order chi connectivity index (χ0) is 16.9. The van der Waals surface area contributed by atoms with E-state index in [4.69, 9.17) is 10.5 Å². The second-order valence-corrected chi connectivity index (χ2v) is 7.17. The van der Waals surface area contributed by atoms with Crippen LogP contribution >= 0.6 is 0 Å². The Bertz CT molecular complexity index is 391. The minimum atomic E-state index is -0.510. The number of likely N-dealkylation sites (tertiary alicyclic amines) is 1. The van der Waals surface area contributed by atoms with Gasteiger partial charge in [-0.25, -0.2) is 4.79 Å². The summed E-state index contributed by atoms with van der Waals surface area (Å²) in [4.78, 5) is 27.9. The SMILES string of the molecule is CC(C)N(CC1CCCCN1C(=O)OC(C)(C)C)C(=O)CN. The van der Waals surface area contributed by atoms with Crippen LogP contribution in [0, 0.1) is 0 Å². The largest absolute Gasteiger partial charge is 0.444 e. The smallest absolute Gasteiger partial charge is 0.410 e. The molecule has 1 atom stereocenters. The molecule has 6 nitrogen and oxygen atoms in total. The molecule has 22 heavy (non-hydrogen) atoms. The number of ether oxygens (including phenoxy) is 1. The maximum atomic E-state index is 12.4. The molecule has 0 aromatic heterocycles. The van der Waals surface area contributed by atoms with Gasteiger partial charge in [0, 0.05) is 19.1 Å². The molecule has 0 radical (unpaired) electrons. The highest BCUT2D eigenvalue weighted by molar-refractivity contribution is 5.78. The highest BCUT2D eigenvalue weighted by Gasteiger charge is 2.32. The summed E-state index contributed by atoms with van der Waals surface area (Å²) in [6.45, 7) is 10.7. The highest BCUT2D eigenvalue weighted by Crippen LogP contribution is 2.22. The van der Waals surface area contributed by atoms with Crippen LogP contribution in [0.1, 0.15) is 53.9 Å². The zero-order valence-electron chi connectivity index (χ0n) is 14.6. The van der Waals surface area contributed by atoms with Gasteiger partial charge in [0.05, 0.1) is 12.6 Å². The lowest BCUT2D eigenvalue weighted by atomic mass is 10.0. The van der Waals surface area contributed by atoms with E-state index in [1.54, 1.807) is 9.80 Å². The number of nitrogens with zero attached hydrogens (tertiary/aromatic N) is 2. The first-order valence-corrected chi connectivity index (χ1v) is 8.15. The minimum Gasteiger partial charge on any atom is -0.444 e. The van der Waals surface area contributed by atoms with Crippen molar-refractivity contribution in [3.05, 3.63) is 0 Å². The van der Waals surface area contributed by atoms with Crippen LogP contribution in [0.2, 0.25) is 0 Å². The number of nitrogens with two attached hydrogens (primary N) is 1. The summed E-state index contributed by atoms with van der Waals surface area (Å²) in [5, 5.41) is 0. The van der Waals surface area contributed by atoms with Crippen LogP contribution in [-0.4, -0.2) is 59.1 Å². The highest BCUT2D eigenvalue weighted by atomic mass is 16.6. The molecule has 1 aliphatic heterocycles. The monoisotopic (exact) mass is 313 g/mol. The van der Waals surface area contributed by atoms with Gasteiger partial charge in [0.25, 0.3) is 0 Å². The molecular formula is C16H31N3O3. The zero-order valence-corrected chi connectivity index (χ0v) is 14.6. The van der Waals surface area contributed by atoms with E-state index in [2.05, 4.69) is 0 Å². The predicted octanol–water partition coefficient (Wildman–Crippen LogP) is 1.97. The Balaban J connectivity index is 2.80. The standard InChI is InChI=1S/C16H31N3O3/c1-12(2)19(14(20)10-17)11-13-8-6-7-9-18(13)15(21)22-16(3,4)5/h12-13H,6-11,17H2,1-5H3. The molecule has 0 bridgehead atoms. The maximum Gasteiger partial charge on any atom is 0.410 e. The maximum absolute atomic E-state index is 12.4. The van der Waals surface area contributed by atoms with E-state index < -0.39 is 5.60 Å². The van der Waals surface area contributed by atoms with Crippen molar-refractivity contribution >= 4 is 12.0 Å². The molecule has 6 heteroatoms. The van der Waals surface area contributed by atoms with Gasteiger partial charge in [-0.05, 0) is 53.9 Å². The average molecular weight is 313 g/mol. The summed E-state index contributed by atoms with van der Waals surface area (Å²) in [6, 6.07) is 0.0694. The topological polar surface area (TPSA) is 75.9 Å². The van der Waals surface area contributed by atoms with Crippen molar-refractivity contribution in [1.82, 2.24) is 9.80 Å². The molecule has 1 aliphatic rings. The fourth-order valence-corrected chi connectivity index (χ4v) is 2.70. The molecule has 2 amide bonds. The number of hydrogen-bond donors (Lipinski definition) is 1. The Morgan fingerprint density at radius 1 is 1.32 bits per heavy atom. The summed E-state index contributed by atoms with van der Waals surface area (Å²) in [7, 11) is 0. The van der Waals surface area contributed by atoms with Gasteiger partial charge in [-0.2, -0.15) is 0 Å². The Kier molecular flexibility index (Phi) is 6.66. The number of carbonyl (C=O) groups is 2. The van der Waals surface area contributed by atoms with Crippen LogP contribution in [-0.2, 0) is 9.53 Å². The summed E-state index contributed by atoms with van der Waals surface area (Å²) in [6.07, 6.45) is 2.64. The van der Waals surface area contributed by atoms with Crippen LogP contribution in [0.25, 0.3) is 0 Å². The summed E-state index contributed by atoms with van der Waals surface area (Å²) >= 11 is 0. The molecule has 1 rings (SSSR count). The molecule has 1 saturated heterocycles. The Morgan fingerprint density at radius 3 is 2.45 bits per heavy atom. The fourth-order valence-electron chi connectivity index (χ4n) is 2.70. The molecule has 0 aromatic rings. The number of piperidine rings is 1. The molecule has 0 aromatic carbocycles. The Hall–Kier alpha value is -1.30. The first-order chi connectivity index (χ1) is 10.2. The van der Waals surface area contributed by atoms with E-state index in [0.717, 1.165) is 19.3 Å². The normalized spacial score (nSPS) is 19.2. The Morgan fingerprint density at radius 2 is 1.95 bits per heavy atom. The molecule has 1 fully saturated rings. The third kappa shape index (κ3) is 5.48. The van der Waals surface area contributed by atoms with Crippen molar-refractivity contribution in [3.63, 3.8) is 0 Å². The molecule has 2 N–H and O–H groups in total. The molecule has 128 valence electrons. The van der Waals surface area contributed by atoms with Gasteiger partial charge < -0.3 is 20.3 Å². The lowest BCUT2D eigenvalue weighted by Crippen LogP contribution is -2.53. The van der Waals surface area contributed by atoms with Crippen LogP contribution < -0.4 is 5.73 Å². The number of carbonyl (C=O) groups excluding carboxylic acids is 2. The third-order valence-corrected chi connectivity index (χ3v) is 3.78. The molecule has 0 saturated carbocycles. The first-order valence-electron chi connectivity index (χ1n) is 8.15. The molecule has 0 aliphatic carbocycles. The first kappa shape index (κ1) is 18.7. The average Bonchev–Trinajstić information content (AvgIpc) is 2.42. The van der Waals surface area contributed by atoms with E-state index in [-0.39, 0.29) is 30.6 Å². The van der Waals surface area contributed by atoms with Gasteiger partial charge in [0.1, 0.15) is 5.60 Å². The van der Waals surface area contributed by atoms with E-state index >= 15 is 0 Å². The van der Waals surface area contributed by atoms with Crippen LogP contribution in [0.5, 0.6) is 0 Å². The van der Waals surface area contributed by atoms with Crippen LogP contribution in [0.4, 0.5) is 4.79 Å². The molecule has 1 unspecified atom stereocenters. The van der Waals surface area contributed by atoms with E-state index in [9.17, 15) is 9.59 Å². The summed E-state index contributed by atoms with van der Waals surface area (Å²) in [5.41, 5.74) is 4.99. The van der Waals surface area contributed by atoms with Gasteiger partial charge in [0.15, 0.2) is 0 Å². The van der Waals surface area contributed by atoms with Gasteiger partial charge in [0.2, 0.25) is 5.91 Å². The lowest BCUT2D eigenvalue weighted by Gasteiger charge is -2.40. The number of hydrogen-bond acceptors (Lipinski definition) is 4. The summed E-state index contributed by atoms with van der Waals surface area (Å²) < 4.78 is 5.50. The summed E-state index contributed by atoms with van der Waals surface area (Å²) in [5.74, 6) is -0.0790. The predicted molar refractivity (Wildman–Crippen MR) is 86.5 cm³/mol. The second-order valence-electron chi connectivity index (χ2n) is 7.17. The van der Waals surface area contributed by atoms with Gasteiger partial charge in [-0.3, -0.25) is 4.79 Å². The van der Waals surface area contributed by atoms with Gasteiger partial charge in [-0.1, -0.05) is 0 Å². The van der Waals surface area contributed by atoms with Crippen molar-refractivity contribution in [2.24, 2.45) is 5.73 Å². The number of rotatable bonds is 4. The van der Waals surface area contributed by atoms with E-state index in [1.807, 2.05) is 34.6 Å². The Labute approximate surface area is 134 Å². The van der Waals surface area contributed by atoms with Gasteiger partial charge in [-0.15, -0.1) is 0 Å². The van der Waals surface area contributed by atoms with Crippen molar-refractivity contribution in [2.75, 3.05) is 19.6 Å². The van der Waals surface area contributed by atoms with Crippen molar-refractivity contribution < 1.29 is 14.3 Å². The molecule has 1 heterocycles. The van der Waals surface area contributed by atoms with Crippen LogP contribution in [0.15, 0.2) is 0 Å². The molecular weight excluding hydrogens is 282 g/mol. The number of amides is 2. The second kappa shape index (κ2) is 7.81. The lowest BCUT2D eigenvalue weighted by molar-refractivity contribution is -0.132. The van der Waals surface area contributed by atoms with Crippen LogP contribution in [0.3, 0.4) is 0 Å². The van der Waals surface area contributed by atoms with E-state index in [1.165, 1.54) is 0 Å². The van der Waals surface area contributed by atoms with Crippen molar-refractivity contribution in [3.8, 4) is 0 Å². The third-order valence-electron chi connectivity index (χ3n) is 3.78. The van der Waals surface area contributed by atoms with E-state index in [0.29, 0.717) is 13.1 Å². The fraction of sp³-hybridized carbons (Fsp3) is 0.875.